The van der Waals surface area contributed by atoms with E-state index in [1.165, 1.54) is 16.7 Å². The van der Waals surface area contributed by atoms with Crippen LogP contribution in [0.5, 0.6) is 0 Å². The molecule has 5 nitrogen and oxygen atoms in total. The second-order valence-corrected chi connectivity index (χ2v) is 6.82. The summed E-state index contributed by atoms with van der Waals surface area (Å²) in [7, 11) is 0. The Morgan fingerprint density at radius 1 is 1.20 bits per heavy atom. The van der Waals surface area contributed by atoms with E-state index in [2.05, 4.69) is 53.0 Å². The van der Waals surface area contributed by atoms with Crippen molar-refractivity contribution < 1.29 is 4.74 Å². The van der Waals surface area contributed by atoms with Crippen molar-refractivity contribution in [3.8, 4) is 11.1 Å². The monoisotopic (exact) mass is 337 g/mol. The van der Waals surface area contributed by atoms with Gasteiger partial charge >= 0.3 is 5.69 Å². The summed E-state index contributed by atoms with van der Waals surface area (Å²) in [6, 6.07) is 13.0. The van der Waals surface area contributed by atoms with Crippen LogP contribution in [0.3, 0.4) is 0 Å². The van der Waals surface area contributed by atoms with E-state index in [-0.39, 0.29) is 5.69 Å². The standard InChI is InChI=1S/C20H23N3O2/c1-13-12-25-9-8-23(13)11-16-4-3-5-17(14(16)2)15-6-7-18-19(10-15)22-20(24)21-18/h3-7,10,13H,8-9,11-12H2,1-2H3,(H2,21,22,24)/t13-/m0/s1. The molecule has 0 spiro atoms. The second kappa shape index (κ2) is 6.50. The van der Waals surface area contributed by atoms with E-state index < -0.39 is 0 Å². The Bertz CT molecular complexity index is 957. The maximum atomic E-state index is 11.5. The van der Waals surface area contributed by atoms with Crippen molar-refractivity contribution in [2.45, 2.75) is 26.4 Å². The van der Waals surface area contributed by atoms with Crippen molar-refractivity contribution >= 4 is 11.0 Å². The topological polar surface area (TPSA) is 61.1 Å². The minimum Gasteiger partial charge on any atom is -0.379 e. The smallest absolute Gasteiger partial charge is 0.323 e. The molecule has 2 heterocycles. The van der Waals surface area contributed by atoms with E-state index in [9.17, 15) is 4.79 Å². The van der Waals surface area contributed by atoms with Gasteiger partial charge in [0.2, 0.25) is 0 Å². The quantitative estimate of drug-likeness (QED) is 0.772. The molecule has 0 bridgehead atoms. The summed E-state index contributed by atoms with van der Waals surface area (Å²) >= 11 is 0. The van der Waals surface area contributed by atoms with Crippen molar-refractivity contribution in [1.29, 1.82) is 0 Å². The first-order chi connectivity index (χ1) is 12.1. The summed E-state index contributed by atoms with van der Waals surface area (Å²) in [6.07, 6.45) is 0. The van der Waals surface area contributed by atoms with Crippen LogP contribution in [0.4, 0.5) is 0 Å². The molecule has 0 amide bonds. The summed E-state index contributed by atoms with van der Waals surface area (Å²) in [6.45, 7) is 7.92. The number of benzene rings is 2. The van der Waals surface area contributed by atoms with Gasteiger partial charge in [-0.25, -0.2) is 4.79 Å². The Kier molecular flexibility index (Phi) is 4.19. The lowest BCUT2D eigenvalue weighted by molar-refractivity contribution is -0.00443. The molecule has 0 radical (unpaired) electrons. The van der Waals surface area contributed by atoms with Crippen molar-refractivity contribution in [3.05, 3.63) is 58.0 Å². The highest BCUT2D eigenvalue weighted by Crippen LogP contribution is 2.28. The van der Waals surface area contributed by atoms with Crippen molar-refractivity contribution in [3.63, 3.8) is 0 Å². The van der Waals surface area contributed by atoms with Crippen LogP contribution in [0.15, 0.2) is 41.2 Å². The molecule has 1 aliphatic heterocycles. The Morgan fingerprint density at radius 2 is 2.04 bits per heavy atom. The Balaban J connectivity index is 1.68. The lowest BCUT2D eigenvalue weighted by Crippen LogP contribution is -2.43. The zero-order valence-corrected chi connectivity index (χ0v) is 14.6. The highest BCUT2D eigenvalue weighted by Gasteiger charge is 2.20. The van der Waals surface area contributed by atoms with Crippen LogP contribution in [-0.2, 0) is 11.3 Å². The third-order valence-electron chi connectivity index (χ3n) is 5.15. The van der Waals surface area contributed by atoms with Crippen LogP contribution in [-0.4, -0.2) is 40.7 Å². The summed E-state index contributed by atoms with van der Waals surface area (Å²) in [4.78, 5) is 19.6. The van der Waals surface area contributed by atoms with E-state index in [0.717, 1.165) is 42.9 Å². The van der Waals surface area contributed by atoms with Gasteiger partial charge in [-0.1, -0.05) is 24.3 Å². The van der Waals surface area contributed by atoms with Crippen molar-refractivity contribution in [2.24, 2.45) is 0 Å². The minimum atomic E-state index is -0.168. The maximum absolute atomic E-state index is 11.5. The molecule has 130 valence electrons. The van der Waals surface area contributed by atoms with Gasteiger partial charge in [0.1, 0.15) is 0 Å². The number of H-pyrrole nitrogens is 2. The van der Waals surface area contributed by atoms with E-state index in [0.29, 0.717) is 6.04 Å². The summed E-state index contributed by atoms with van der Waals surface area (Å²) in [5.74, 6) is 0. The number of aromatic amines is 2. The molecule has 1 aromatic heterocycles. The lowest BCUT2D eigenvalue weighted by atomic mass is 9.95. The van der Waals surface area contributed by atoms with E-state index in [4.69, 9.17) is 4.74 Å². The molecule has 3 aromatic rings. The minimum absolute atomic E-state index is 0.168. The van der Waals surface area contributed by atoms with Gasteiger partial charge in [0, 0.05) is 19.1 Å². The van der Waals surface area contributed by atoms with Gasteiger partial charge in [0.15, 0.2) is 0 Å². The molecule has 0 unspecified atom stereocenters. The highest BCUT2D eigenvalue weighted by atomic mass is 16.5. The molecule has 4 rings (SSSR count). The average Bonchev–Trinajstić information content (AvgIpc) is 2.98. The number of hydrogen-bond acceptors (Lipinski definition) is 3. The molecule has 25 heavy (non-hydrogen) atoms. The predicted molar refractivity (Wildman–Crippen MR) is 99.8 cm³/mol. The van der Waals surface area contributed by atoms with Gasteiger partial charge in [0.25, 0.3) is 0 Å². The number of fused-ring (bicyclic) bond motifs is 1. The van der Waals surface area contributed by atoms with Gasteiger partial charge < -0.3 is 14.7 Å². The van der Waals surface area contributed by atoms with Crippen LogP contribution in [0.2, 0.25) is 0 Å². The molecule has 1 saturated heterocycles. The van der Waals surface area contributed by atoms with Crippen LogP contribution in [0.25, 0.3) is 22.2 Å². The molecular formula is C20H23N3O2. The fraction of sp³-hybridized carbons (Fsp3) is 0.350. The number of hydrogen-bond donors (Lipinski definition) is 2. The number of nitrogens with zero attached hydrogens (tertiary/aromatic N) is 1. The summed E-state index contributed by atoms with van der Waals surface area (Å²) in [5.41, 5.74) is 6.48. The van der Waals surface area contributed by atoms with Gasteiger partial charge in [-0.2, -0.15) is 0 Å². The largest absolute Gasteiger partial charge is 0.379 e. The second-order valence-electron chi connectivity index (χ2n) is 6.82. The molecule has 1 atom stereocenters. The SMILES string of the molecule is Cc1c(CN2CCOC[C@@H]2C)cccc1-c1ccc2[nH]c(=O)[nH]c2c1. The molecule has 1 aliphatic rings. The zero-order valence-electron chi connectivity index (χ0n) is 14.6. The molecule has 0 aliphatic carbocycles. The zero-order chi connectivity index (χ0) is 17.4. The van der Waals surface area contributed by atoms with Crippen LogP contribution < -0.4 is 5.69 Å². The maximum Gasteiger partial charge on any atom is 0.323 e. The fourth-order valence-corrected chi connectivity index (χ4v) is 3.58. The first kappa shape index (κ1) is 16.1. The van der Waals surface area contributed by atoms with Gasteiger partial charge in [-0.15, -0.1) is 0 Å². The summed E-state index contributed by atoms with van der Waals surface area (Å²) in [5, 5.41) is 0. The Labute approximate surface area is 146 Å². The fourth-order valence-electron chi connectivity index (χ4n) is 3.58. The average molecular weight is 337 g/mol. The third kappa shape index (κ3) is 3.13. The third-order valence-corrected chi connectivity index (χ3v) is 5.15. The van der Waals surface area contributed by atoms with E-state index in [1.807, 2.05) is 12.1 Å². The summed E-state index contributed by atoms with van der Waals surface area (Å²) < 4.78 is 5.54. The normalized spacial score (nSPS) is 18.7. The van der Waals surface area contributed by atoms with Gasteiger partial charge in [-0.3, -0.25) is 4.90 Å². The Morgan fingerprint density at radius 3 is 2.88 bits per heavy atom. The number of ether oxygens (including phenoxy) is 1. The first-order valence-corrected chi connectivity index (χ1v) is 8.74. The van der Waals surface area contributed by atoms with E-state index in [1.54, 1.807) is 0 Å². The molecule has 0 saturated carbocycles. The van der Waals surface area contributed by atoms with Crippen LogP contribution in [0.1, 0.15) is 18.1 Å². The lowest BCUT2D eigenvalue weighted by Gasteiger charge is -2.33. The van der Waals surface area contributed by atoms with Crippen molar-refractivity contribution in [2.75, 3.05) is 19.8 Å². The van der Waals surface area contributed by atoms with E-state index >= 15 is 0 Å². The Hall–Kier alpha value is -2.37. The van der Waals surface area contributed by atoms with Gasteiger partial charge in [-0.05, 0) is 48.2 Å². The first-order valence-electron chi connectivity index (χ1n) is 8.74. The van der Waals surface area contributed by atoms with Crippen LogP contribution >= 0.6 is 0 Å². The molecular weight excluding hydrogens is 314 g/mol. The molecule has 2 aromatic carbocycles. The number of nitrogens with one attached hydrogen (secondary N) is 2. The van der Waals surface area contributed by atoms with Crippen LogP contribution in [0, 0.1) is 6.92 Å². The predicted octanol–water partition coefficient (Wildman–Crippen LogP) is 3.05. The van der Waals surface area contributed by atoms with Crippen molar-refractivity contribution in [1.82, 2.24) is 14.9 Å². The van der Waals surface area contributed by atoms with Gasteiger partial charge in [0.05, 0.1) is 24.2 Å². The number of rotatable bonds is 3. The number of aromatic nitrogens is 2. The number of imidazole rings is 1. The molecule has 2 N–H and O–H groups in total. The highest BCUT2D eigenvalue weighted by molar-refractivity contribution is 5.82. The number of morpholine rings is 1. The molecule has 5 heteroatoms. The molecule has 1 fully saturated rings.